The summed E-state index contributed by atoms with van der Waals surface area (Å²) >= 11 is 6.21. The number of hydrogen-bond acceptors (Lipinski definition) is 6. The summed E-state index contributed by atoms with van der Waals surface area (Å²) in [4.78, 5) is 23.7. The summed E-state index contributed by atoms with van der Waals surface area (Å²) in [5.41, 5.74) is 0.655. The Morgan fingerprint density at radius 1 is 1.32 bits per heavy atom. The average molecular weight is 406 g/mol. The largest absolute Gasteiger partial charge is 0.489 e. The van der Waals surface area contributed by atoms with Crippen molar-refractivity contribution in [2.75, 3.05) is 19.8 Å². The number of ether oxygens (including phenoxy) is 3. The van der Waals surface area contributed by atoms with Crippen LogP contribution in [0.15, 0.2) is 41.0 Å². The molecule has 1 amide bonds. The van der Waals surface area contributed by atoms with Crippen LogP contribution in [0, 0.1) is 0 Å². The standard InChI is InChI=1S/C20H20ClNO6/c1-13(16-4-2-7-25-16)22-18(23)12-28-19(24)6-5-14-10-15(21)20-17(11-14)26-8-3-9-27-20/h2,4-7,10-11,13H,3,8-9,12H2,1H3,(H,22,23)/b6-5+/t13-/m1/s1. The van der Waals surface area contributed by atoms with Crippen molar-refractivity contribution in [3.05, 3.63) is 53.0 Å². The Balaban J connectivity index is 1.52. The second-order valence-corrected chi connectivity index (χ2v) is 6.53. The topological polar surface area (TPSA) is 87.0 Å². The number of carbonyl (C=O) groups is 2. The fourth-order valence-corrected chi connectivity index (χ4v) is 2.86. The van der Waals surface area contributed by atoms with Crippen LogP contribution in [-0.4, -0.2) is 31.7 Å². The molecule has 0 spiro atoms. The first-order valence-corrected chi connectivity index (χ1v) is 9.17. The van der Waals surface area contributed by atoms with Crippen LogP contribution in [0.5, 0.6) is 11.5 Å². The fraction of sp³-hybridized carbons (Fsp3) is 0.300. The predicted molar refractivity (Wildman–Crippen MR) is 102 cm³/mol. The van der Waals surface area contributed by atoms with Crippen LogP contribution in [-0.2, 0) is 14.3 Å². The van der Waals surface area contributed by atoms with Gasteiger partial charge in [0.15, 0.2) is 18.1 Å². The van der Waals surface area contributed by atoms with E-state index in [0.29, 0.717) is 41.1 Å². The highest BCUT2D eigenvalue weighted by Gasteiger charge is 2.15. The second kappa shape index (κ2) is 9.32. The average Bonchev–Trinajstić information content (AvgIpc) is 3.11. The number of amides is 1. The molecule has 148 valence electrons. The number of esters is 1. The maximum absolute atomic E-state index is 11.9. The number of carbonyl (C=O) groups excluding carboxylic acids is 2. The molecule has 0 bridgehead atoms. The first kappa shape index (κ1) is 19.8. The van der Waals surface area contributed by atoms with Gasteiger partial charge in [-0.15, -0.1) is 0 Å². The van der Waals surface area contributed by atoms with E-state index < -0.39 is 18.5 Å². The van der Waals surface area contributed by atoms with E-state index >= 15 is 0 Å². The van der Waals surface area contributed by atoms with E-state index in [0.717, 1.165) is 6.42 Å². The molecule has 0 radical (unpaired) electrons. The number of rotatable bonds is 6. The first-order chi connectivity index (χ1) is 13.5. The summed E-state index contributed by atoms with van der Waals surface area (Å²) in [5, 5.41) is 3.08. The minimum atomic E-state index is -0.649. The van der Waals surface area contributed by atoms with E-state index in [4.69, 9.17) is 30.2 Å². The molecule has 0 unspecified atom stereocenters. The molecular weight excluding hydrogens is 386 g/mol. The lowest BCUT2D eigenvalue weighted by Gasteiger charge is -2.11. The Kier molecular flexibility index (Phi) is 6.60. The van der Waals surface area contributed by atoms with Gasteiger partial charge in [0, 0.05) is 12.5 Å². The zero-order valence-corrected chi connectivity index (χ0v) is 16.0. The van der Waals surface area contributed by atoms with Crippen LogP contribution < -0.4 is 14.8 Å². The zero-order valence-electron chi connectivity index (χ0n) is 15.3. The van der Waals surface area contributed by atoms with E-state index in [2.05, 4.69) is 5.32 Å². The summed E-state index contributed by atoms with van der Waals surface area (Å²) < 4.78 is 21.3. The molecule has 1 aliphatic heterocycles. The number of hydrogen-bond donors (Lipinski definition) is 1. The molecule has 0 aliphatic carbocycles. The van der Waals surface area contributed by atoms with Crippen LogP contribution in [0.3, 0.4) is 0 Å². The number of fused-ring (bicyclic) bond motifs is 1. The van der Waals surface area contributed by atoms with Gasteiger partial charge in [0.2, 0.25) is 0 Å². The Hall–Kier alpha value is -2.93. The molecule has 7 nitrogen and oxygen atoms in total. The molecule has 1 atom stereocenters. The van der Waals surface area contributed by atoms with Gasteiger partial charge in [-0.25, -0.2) is 4.79 Å². The van der Waals surface area contributed by atoms with Gasteiger partial charge in [-0.2, -0.15) is 0 Å². The molecular formula is C20H20ClNO6. The van der Waals surface area contributed by atoms with Crippen LogP contribution in [0.25, 0.3) is 6.08 Å². The van der Waals surface area contributed by atoms with Gasteiger partial charge >= 0.3 is 5.97 Å². The summed E-state index contributed by atoms with van der Waals surface area (Å²) in [6, 6.07) is 6.56. The first-order valence-electron chi connectivity index (χ1n) is 8.79. The van der Waals surface area contributed by atoms with Crippen molar-refractivity contribution in [2.24, 2.45) is 0 Å². The summed E-state index contributed by atoms with van der Waals surface area (Å²) in [5.74, 6) is 0.574. The number of benzene rings is 1. The number of halogens is 1. The summed E-state index contributed by atoms with van der Waals surface area (Å²) in [6.07, 6.45) is 5.04. The molecule has 1 aromatic heterocycles. The highest BCUT2D eigenvalue weighted by molar-refractivity contribution is 6.32. The molecule has 0 saturated heterocycles. The van der Waals surface area contributed by atoms with Crippen molar-refractivity contribution in [3.63, 3.8) is 0 Å². The SMILES string of the molecule is C[C@@H](NC(=O)COC(=O)/C=C/c1cc(Cl)c2c(c1)OCCCO2)c1ccco1. The third kappa shape index (κ3) is 5.29. The van der Waals surface area contributed by atoms with Crippen LogP contribution in [0.4, 0.5) is 0 Å². The molecule has 1 aliphatic rings. The Labute approximate surface area is 167 Å². The quantitative estimate of drug-likeness (QED) is 0.584. The lowest BCUT2D eigenvalue weighted by Crippen LogP contribution is -2.30. The van der Waals surface area contributed by atoms with Crippen molar-refractivity contribution in [1.29, 1.82) is 0 Å². The molecule has 0 fully saturated rings. The fourth-order valence-electron chi connectivity index (χ4n) is 2.59. The molecule has 2 heterocycles. The third-order valence-corrected chi connectivity index (χ3v) is 4.21. The summed E-state index contributed by atoms with van der Waals surface area (Å²) in [6.45, 7) is 2.45. The molecule has 0 saturated carbocycles. The van der Waals surface area contributed by atoms with E-state index in [-0.39, 0.29) is 6.04 Å². The van der Waals surface area contributed by atoms with Gasteiger partial charge in [0.1, 0.15) is 5.76 Å². The molecule has 1 aromatic carbocycles. The third-order valence-electron chi connectivity index (χ3n) is 3.93. The van der Waals surface area contributed by atoms with Crippen molar-refractivity contribution in [2.45, 2.75) is 19.4 Å². The predicted octanol–water partition coefficient (Wildman–Crippen LogP) is 3.53. The van der Waals surface area contributed by atoms with E-state index in [1.54, 1.807) is 31.2 Å². The van der Waals surface area contributed by atoms with Gasteiger partial charge in [-0.3, -0.25) is 4.79 Å². The van der Waals surface area contributed by atoms with Gasteiger partial charge in [0.25, 0.3) is 5.91 Å². The van der Waals surface area contributed by atoms with Crippen LogP contribution in [0.1, 0.15) is 30.7 Å². The van der Waals surface area contributed by atoms with Gasteiger partial charge < -0.3 is 23.9 Å². The van der Waals surface area contributed by atoms with Crippen molar-refractivity contribution < 1.29 is 28.2 Å². The second-order valence-electron chi connectivity index (χ2n) is 6.13. The van der Waals surface area contributed by atoms with Gasteiger partial charge in [-0.1, -0.05) is 11.6 Å². The monoisotopic (exact) mass is 405 g/mol. The Morgan fingerprint density at radius 3 is 2.93 bits per heavy atom. The maximum atomic E-state index is 11.9. The van der Waals surface area contributed by atoms with Crippen molar-refractivity contribution in [1.82, 2.24) is 5.32 Å². The van der Waals surface area contributed by atoms with Crippen molar-refractivity contribution >= 4 is 29.6 Å². The minimum absolute atomic E-state index is 0.319. The van der Waals surface area contributed by atoms with Gasteiger partial charge in [-0.05, 0) is 42.8 Å². The van der Waals surface area contributed by atoms with E-state index in [1.807, 2.05) is 0 Å². The molecule has 8 heteroatoms. The highest BCUT2D eigenvalue weighted by Crippen LogP contribution is 2.38. The van der Waals surface area contributed by atoms with Crippen LogP contribution in [0.2, 0.25) is 5.02 Å². The number of nitrogens with one attached hydrogen (secondary N) is 1. The number of furan rings is 1. The molecule has 3 rings (SSSR count). The molecule has 2 aromatic rings. The van der Waals surface area contributed by atoms with E-state index in [1.165, 1.54) is 18.4 Å². The molecule has 1 N–H and O–H groups in total. The van der Waals surface area contributed by atoms with Crippen LogP contribution >= 0.6 is 11.6 Å². The smallest absolute Gasteiger partial charge is 0.331 e. The van der Waals surface area contributed by atoms with E-state index in [9.17, 15) is 9.59 Å². The zero-order chi connectivity index (χ0) is 19.9. The summed E-state index contributed by atoms with van der Waals surface area (Å²) in [7, 11) is 0. The van der Waals surface area contributed by atoms with Crippen molar-refractivity contribution in [3.8, 4) is 11.5 Å². The lowest BCUT2D eigenvalue weighted by atomic mass is 10.2. The normalized spacial score (nSPS) is 14.4. The minimum Gasteiger partial charge on any atom is -0.489 e. The molecule has 28 heavy (non-hydrogen) atoms. The highest BCUT2D eigenvalue weighted by atomic mass is 35.5. The lowest BCUT2D eigenvalue weighted by molar-refractivity contribution is -0.144. The Bertz CT molecular complexity index is 862. The van der Waals surface area contributed by atoms with Gasteiger partial charge in [0.05, 0.1) is 30.5 Å². The Morgan fingerprint density at radius 2 is 2.14 bits per heavy atom. The maximum Gasteiger partial charge on any atom is 0.331 e.